The zero-order valence-corrected chi connectivity index (χ0v) is 16.9. The van der Waals surface area contributed by atoms with E-state index in [9.17, 15) is 19.2 Å². The molecule has 0 aromatic heterocycles. The van der Waals surface area contributed by atoms with Gasteiger partial charge in [0.15, 0.2) is 0 Å². The summed E-state index contributed by atoms with van der Waals surface area (Å²) >= 11 is 3.35. The van der Waals surface area contributed by atoms with Crippen molar-refractivity contribution < 1.29 is 19.2 Å². The van der Waals surface area contributed by atoms with Gasteiger partial charge in [-0.05, 0) is 38.1 Å². The van der Waals surface area contributed by atoms with E-state index >= 15 is 0 Å². The Labute approximate surface area is 165 Å². The van der Waals surface area contributed by atoms with Gasteiger partial charge in [0.25, 0.3) is 5.91 Å². The molecule has 8 heteroatoms. The molecule has 4 rings (SSSR count). The van der Waals surface area contributed by atoms with E-state index in [2.05, 4.69) is 15.9 Å². The Balaban J connectivity index is 1.85. The molecule has 3 aliphatic rings. The highest BCUT2D eigenvalue weighted by Gasteiger charge is 2.73. The molecule has 0 unspecified atom stereocenters. The molecule has 0 radical (unpaired) electrons. The van der Waals surface area contributed by atoms with Crippen molar-refractivity contribution in [2.45, 2.75) is 25.4 Å². The summed E-state index contributed by atoms with van der Waals surface area (Å²) in [5.74, 6) is -2.78. The molecule has 4 atom stereocenters. The number of nitrogens with zero attached hydrogens (tertiary/aromatic N) is 3. The summed E-state index contributed by atoms with van der Waals surface area (Å²) in [5.41, 5.74) is -0.925. The van der Waals surface area contributed by atoms with Crippen LogP contribution in [0.15, 0.2) is 28.7 Å². The third kappa shape index (κ3) is 2.19. The molecule has 0 aliphatic carbocycles. The third-order valence-corrected chi connectivity index (χ3v) is 6.77. The lowest BCUT2D eigenvalue weighted by molar-refractivity contribution is -0.154. The number of amides is 4. The summed E-state index contributed by atoms with van der Waals surface area (Å²) in [6.45, 7) is 4.23. The second-order valence-electron chi connectivity index (χ2n) is 7.48. The molecule has 3 heterocycles. The molecule has 27 heavy (non-hydrogen) atoms. The van der Waals surface area contributed by atoms with E-state index in [4.69, 9.17) is 0 Å². The van der Waals surface area contributed by atoms with Gasteiger partial charge in [-0.2, -0.15) is 0 Å². The first kappa shape index (κ1) is 18.2. The van der Waals surface area contributed by atoms with Crippen molar-refractivity contribution in [2.24, 2.45) is 11.8 Å². The lowest BCUT2D eigenvalue weighted by Gasteiger charge is -2.47. The molecule has 3 aliphatic heterocycles. The van der Waals surface area contributed by atoms with E-state index in [1.54, 1.807) is 36.1 Å². The molecule has 0 spiro atoms. The smallest absolute Gasteiger partial charge is 0.255 e. The van der Waals surface area contributed by atoms with Crippen LogP contribution in [-0.2, 0) is 14.4 Å². The van der Waals surface area contributed by atoms with E-state index < -0.39 is 23.4 Å². The van der Waals surface area contributed by atoms with Crippen molar-refractivity contribution in [3.8, 4) is 0 Å². The zero-order chi connectivity index (χ0) is 19.7. The second-order valence-corrected chi connectivity index (χ2v) is 8.40. The third-order valence-electron chi connectivity index (χ3n) is 6.24. The number of likely N-dealkylation sites (tertiary alicyclic amines) is 2. The minimum absolute atomic E-state index is 0.265. The molecule has 3 fully saturated rings. The topological polar surface area (TPSA) is 78.0 Å². The maximum absolute atomic E-state index is 13.3. The van der Waals surface area contributed by atoms with Crippen LogP contribution in [0.4, 0.5) is 0 Å². The highest BCUT2D eigenvalue weighted by Crippen LogP contribution is 2.52. The summed E-state index contributed by atoms with van der Waals surface area (Å²) in [6.07, 6.45) is 0. The largest absolute Gasteiger partial charge is 0.339 e. The van der Waals surface area contributed by atoms with Gasteiger partial charge in [-0.25, -0.2) is 0 Å². The molecule has 4 amide bonds. The number of halogens is 1. The van der Waals surface area contributed by atoms with Crippen molar-refractivity contribution >= 4 is 39.6 Å². The minimum atomic E-state index is -1.36. The number of benzene rings is 1. The molecule has 3 saturated heterocycles. The fourth-order valence-electron chi connectivity index (χ4n) is 4.89. The van der Waals surface area contributed by atoms with Crippen molar-refractivity contribution in [1.82, 2.24) is 14.7 Å². The van der Waals surface area contributed by atoms with E-state index in [0.29, 0.717) is 12.1 Å². The second kappa shape index (κ2) is 5.89. The van der Waals surface area contributed by atoms with Crippen molar-refractivity contribution in [2.75, 3.05) is 20.1 Å². The monoisotopic (exact) mass is 433 g/mol. The van der Waals surface area contributed by atoms with Gasteiger partial charge in [0, 0.05) is 30.2 Å². The van der Waals surface area contributed by atoms with Gasteiger partial charge in [-0.3, -0.25) is 24.1 Å². The molecule has 142 valence electrons. The number of imide groups is 1. The first-order valence-corrected chi connectivity index (χ1v) is 9.72. The van der Waals surface area contributed by atoms with Crippen LogP contribution < -0.4 is 0 Å². The molecule has 1 aromatic rings. The number of carbonyl (C=O) groups is 4. The zero-order valence-electron chi connectivity index (χ0n) is 15.3. The Morgan fingerprint density at radius 3 is 2.41 bits per heavy atom. The van der Waals surface area contributed by atoms with Crippen LogP contribution in [0, 0.1) is 11.8 Å². The van der Waals surface area contributed by atoms with Gasteiger partial charge >= 0.3 is 0 Å². The van der Waals surface area contributed by atoms with Crippen LogP contribution >= 0.6 is 15.9 Å². The number of hydrogen-bond acceptors (Lipinski definition) is 4. The molecule has 0 N–H and O–H groups in total. The van der Waals surface area contributed by atoms with Gasteiger partial charge < -0.3 is 9.80 Å². The quantitative estimate of drug-likeness (QED) is 0.654. The summed E-state index contributed by atoms with van der Waals surface area (Å²) in [5, 5.41) is 0. The lowest BCUT2D eigenvalue weighted by atomic mass is 9.81. The van der Waals surface area contributed by atoms with E-state index in [1.165, 1.54) is 11.9 Å². The van der Waals surface area contributed by atoms with E-state index in [0.717, 1.165) is 9.37 Å². The number of fused-ring (bicyclic) bond motifs is 5. The van der Waals surface area contributed by atoms with Gasteiger partial charge in [-0.15, -0.1) is 0 Å². The summed E-state index contributed by atoms with van der Waals surface area (Å²) in [7, 11) is 1.45. The summed E-state index contributed by atoms with van der Waals surface area (Å²) in [6, 6.07) is 6.36. The van der Waals surface area contributed by atoms with Crippen molar-refractivity contribution in [3.63, 3.8) is 0 Å². The van der Waals surface area contributed by atoms with Crippen LogP contribution in [0.25, 0.3) is 0 Å². The van der Waals surface area contributed by atoms with Gasteiger partial charge in [-0.1, -0.05) is 15.9 Å². The Kier molecular flexibility index (Phi) is 3.96. The molecule has 2 bridgehead atoms. The molecule has 0 saturated carbocycles. The average Bonchev–Trinajstić information content (AvgIpc) is 3.01. The maximum Gasteiger partial charge on any atom is 0.255 e. The SMILES string of the molecule is CCN1C[C@@H]2[C@@H]3C(=O)N(C)C(=O)[C@@H]3[C@](C)(C1=O)N2C(=O)c1ccc(Br)cc1. The Morgan fingerprint density at radius 2 is 1.81 bits per heavy atom. The highest BCUT2D eigenvalue weighted by molar-refractivity contribution is 9.10. The minimum Gasteiger partial charge on any atom is -0.339 e. The van der Waals surface area contributed by atoms with E-state index in [-0.39, 0.29) is 30.2 Å². The number of hydrogen-bond donors (Lipinski definition) is 0. The number of piperazine rings is 1. The van der Waals surface area contributed by atoms with Crippen molar-refractivity contribution in [3.05, 3.63) is 34.3 Å². The first-order chi connectivity index (χ1) is 12.7. The van der Waals surface area contributed by atoms with Crippen molar-refractivity contribution in [1.29, 1.82) is 0 Å². The predicted molar refractivity (Wildman–Crippen MR) is 99.5 cm³/mol. The summed E-state index contributed by atoms with van der Waals surface area (Å²) < 4.78 is 0.837. The Morgan fingerprint density at radius 1 is 1.19 bits per heavy atom. The van der Waals surface area contributed by atoms with Crippen LogP contribution in [-0.4, -0.2) is 70.0 Å². The Bertz CT molecular complexity index is 870. The van der Waals surface area contributed by atoms with Gasteiger partial charge in [0.2, 0.25) is 17.7 Å². The van der Waals surface area contributed by atoms with Crippen LogP contribution in [0.5, 0.6) is 0 Å². The standard InChI is InChI=1S/C19H20BrN3O4/c1-4-22-9-12-13-14(17(26)21(3)16(13)25)19(2,18(22)27)23(12)15(24)10-5-7-11(20)8-6-10/h5-8,12-14H,4,9H2,1-3H3/t12-,13+,14-,19-/m1/s1. The maximum atomic E-state index is 13.3. The Hall–Kier alpha value is -2.22. The van der Waals surface area contributed by atoms with Gasteiger partial charge in [0.1, 0.15) is 5.54 Å². The predicted octanol–water partition coefficient (Wildman–Crippen LogP) is 1.13. The number of rotatable bonds is 2. The highest BCUT2D eigenvalue weighted by atomic mass is 79.9. The molecule has 7 nitrogen and oxygen atoms in total. The number of carbonyl (C=O) groups excluding carboxylic acids is 4. The normalized spacial score (nSPS) is 32.4. The van der Waals surface area contributed by atoms with Gasteiger partial charge in [0.05, 0.1) is 17.9 Å². The van der Waals surface area contributed by atoms with E-state index in [1.807, 2.05) is 6.92 Å². The van der Waals surface area contributed by atoms with Crippen LogP contribution in [0.3, 0.4) is 0 Å². The fraction of sp³-hybridized carbons (Fsp3) is 0.474. The first-order valence-electron chi connectivity index (χ1n) is 8.93. The van der Waals surface area contributed by atoms with Crippen LogP contribution in [0.1, 0.15) is 24.2 Å². The summed E-state index contributed by atoms with van der Waals surface area (Å²) in [4.78, 5) is 56.5. The average molecular weight is 434 g/mol. The molecular formula is C19H20BrN3O4. The number of likely N-dealkylation sites (N-methyl/N-ethyl adjacent to an activating group) is 1. The van der Waals surface area contributed by atoms with Crippen LogP contribution in [0.2, 0.25) is 0 Å². The molecular weight excluding hydrogens is 414 g/mol. The molecule has 1 aromatic carbocycles. The lowest BCUT2D eigenvalue weighted by Crippen LogP contribution is -2.68. The fourth-order valence-corrected chi connectivity index (χ4v) is 5.16.